The van der Waals surface area contributed by atoms with E-state index < -0.39 is 0 Å². The van der Waals surface area contributed by atoms with E-state index in [0.29, 0.717) is 35.7 Å². The van der Waals surface area contributed by atoms with Crippen LogP contribution in [0.5, 0.6) is 0 Å². The summed E-state index contributed by atoms with van der Waals surface area (Å²) < 4.78 is 0. The van der Waals surface area contributed by atoms with E-state index in [2.05, 4.69) is 9.97 Å². The van der Waals surface area contributed by atoms with Crippen molar-refractivity contribution in [1.82, 2.24) is 14.9 Å². The average Bonchev–Trinajstić information content (AvgIpc) is 2.83. The summed E-state index contributed by atoms with van der Waals surface area (Å²) in [6, 6.07) is 9.06. The molecule has 5 heteroatoms. The second-order valence-corrected chi connectivity index (χ2v) is 4.60. The van der Waals surface area contributed by atoms with Gasteiger partial charge in [-0.2, -0.15) is 0 Å². The van der Waals surface area contributed by atoms with Gasteiger partial charge in [0.1, 0.15) is 5.82 Å². The van der Waals surface area contributed by atoms with E-state index in [9.17, 15) is 9.59 Å². The van der Waals surface area contributed by atoms with Crippen molar-refractivity contribution in [3.63, 3.8) is 0 Å². The summed E-state index contributed by atoms with van der Waals surface area (Å²) in [5.41, 5.74) is 1.77. The molecule has 1 aromatic heterocycles. The molecule has 0 saturated carbocycles. The van der Waals surface area contributed by atoms with Crippen LogP contribution in [0.2, 0.25) is 0 Å². The van der Waals surface area contributed by atoms with Crippen molar-refractivity contribution in [1.29, 1.82) is 0 Å². The Bertz CT molecular complexity index is 692. The minimum atomic E-state index is -0.147. The summed E-state index contributed by atoms with van der Waals surface area (Å²) in [5.74, 6) is 0.508. The largest absolute Gasteiger partial charge is 0.328 e. The minimum absolute atomic E-state index is 0.0735. The summed E-state index contributed by atoms with van der Waals surface area (Å²) in [6.07, 6.45) is 0. The first-order chi connectivity index (χ1) is 9.15. The van der Waals surface area contributed by atoms with Gasteiger partial charge in [0.15, 0.2) is 0 Å². The Hall–Kier alpha value is -2.43. The lowest BCUT2D eigenvalue weighted by Gasteiger charge is -2.14. The molecule has 1 aliphatic rings. The average molecular weight is 255 g/mol. The summed E-state index contributed by atoms with van der Waals surface area (Å²) in [7, 11) is 0. The number of rotatable bonds is 1. The van der Waals surface area contributed by atoms with Crippen molar-refractivity contribution in [2.24, 2.45) is 0 Å². The van der Waals surface area contributed by atoms with Gasteiger partial charge in [-0.15, -0.1) is 0 Å². The topological polar surface area (TPSA) is 66.1 Å². The maximum Gasteiger partial charge on any atom is 0.256 e. The molecule has 1 aliphatic heterocycles. The van der Waals surface area contributed by atoms with Crippen LogP contribution in [-0.2, 0) is 13.1 Å². The molecule has 2 heterocycles. The van der Waals surface area contributed by atoms with E-state index in [1.54, 1.807) is 24.0 Å². The molecule has 5 nitrogen and oxygen atoms in total. The molecule has 0 aliphatic carbocycles. The Morgan fingerprint density at radius 1 is 1.26 bits per heavy atom. The van der Waals surface area contributed by atoms with Gasteiger partial charge in [-0.25, -0.2) is 4.98 Å². The lowest BCUT2D eigenvalue weighted by molar-refractivity contribution is 0.0750. The quantitative estimate of drug-likeness (QED) is 0.833. The zero-order valence-electron chi connectivity index (χ0n) is 10.5. The summed E-state index contributed by atoms with van der Waals surface area (Å²) in [5, 5.41) is 0. The molecule has 0 saturated heterocycles. The second-order valence-electron chi connectivity index (χ2n) is 4.60. The van der Waals surface area contributed by atoms with Crippen molar-refractivity contribution >= 4 is 5.91 Å². The Balaban J connectivity index is 1.90. The van der Waals surface area contributed by atoms with Crippen LogP contribution < -0.4 is 5.56 Å². The highest BCUT2D eigenvalue weighted by Crippen LogP contribution is 2.19. The van der Waals surface area contributed by atoms with Gasteiger partial charge in [0.25, 0.3) is 11.5 Å². The molecule has 1 aromatic carbocycles. The number of aromatic nitrogens is 2. The summed E-state index contributed by atoms with van der Waals surface area (Å²) in [4.78, 5) is 32.7. The third-order valence-electron chi connectivity index (χ3n) is 3.22. The Morgan fingerprint density at radius 3 is 2.74 bits per heavy atom. The molecule has 0 fully saturated rings. The highest BCUT2D eigenvalue weighted by molar-refractivity contribution is 5.94. The predicted molar refractivity (Wildman–Crippen MR) is 69.6 cm³/mol. The number of aromatic amines is 1. The molecule has 3 rings (SSSR count). The van der Waals surface area contributed by atoms with Crippen LogP contribution in [0.15, 0.2) is 35.1 Å². The SMILES string of the molecule is Cc1nc2c(c(=O)[nH]1)CN(C(=O)c1ccccc1)C2. The zero-order chi connectivity index (χ0) is 13.4. The number of fused-ring (bicyclic) bond motifs is 1. The highest BCUT2D eigenvalue weighted by Gasteiger charge is 2.27. The lowest BCUT2D eigenvalue weighted by atomic mass is 10.2. The van der Waals surface area contributed by atoms with Crippen LogP contribution >= 0.6 is 0 Å². The molecule has 0 unspecified atom stereocenters. The molecule has 0 spiro atoms. The van der Waals surface area contributed by atoms with Crippen LogP contribution in [0.3, 0.4) is 0 Å². The number of benzene rings is 1. The van der Waals surface area contributed by atoms with Gasteiger partial charge in [-0.05, 0) is 19.1 Å². The van der Waals surface area contributed by atoms with Gasteiger partial charge in [0, 0.05) is 5.56 Å². The van der Waals surface area contributed by atoms with Crippen LogP contribution in [0.25, 0.3) is 0 Å². The standard InChI is InChI=1S/C14H13N3O2/c1-9-15-12-8-17(7-11(12)13(18)16-9)14(19)10-5-3-2-4-6-10/h2-6H,7-8H2,1H3,(H,15,16,18). The number of nitrogens with one attached hydrogen (secondary N) is 1. The summed E-state index contributed by atoms with van der Waals surface area (Å²) >= 11 is 0. The first-order valence-corrected chi connectivity index (χ1v) is 6.08. The third-order valence-corrected chi connectivity index (χ3v) is 3.22. The molecule has 2 aromatic rings. The van der Waals surface area contributed by atoms with Gasteiger partial charge >= 0.3 is 0 Å². The number of carbonyl (C=O) groups excluding carboxylic acids is 1. The number of nitrogens with zero attached hydrogens (tertiary/aromatic N) is 2. The molecular weight excluding hydrogens is 242 g/mol. The van der Waals surface area contributed by atoms with Gasteiger partial charge in [0.2, 0.25) is 0 Å². The minimum Gasteiger partial charge on any atom is -0.328 e. The van der Waals surface area contributed by atoms with Gasteiger partial charge in [-0.1, -0.05) is 18.2 Å². The van der Waals surface area contributed by atoms with E-state index in [1.165, 1.54) is 0 Å². The van der Waals surface area contributed by atoms with Crippen molar-refractivity contribution in [2.45, 2.75) is 20.0 Å². The first-order valence-electron chi connectivity index (χ1n) is 6.08. The van der Waals surface area contributed by atoms with E-state index in [4.69, 9.17) is 0 Å². The van der Waals surface area contributed by atoms with Crippen LogP contribution in [0.1, 0.15) is 27.4 Å². The molecule has 0 bridgehead atoms. The highest BCUT2D eigenvalue weighted by atomic mass is 16.2. The van der Waals surface area contributed by atoms with Gasteiger partial charge in [0.05, 0.1) is 24.3 Å². The number of hydrogen-bond acceptors (Lipinski definition) is 3. The predicted octanol–water partition coefficient (Wildman–Crippen LogP) is 1.23. The lowest BCUT2D eigenvalue weighted by Crippen LogP contribution is -2.26. The van der Waals surface area contributed by atoms with Crippen LogP contribution in [-0.4, -0.2) is 20.8 Å². The normalized spacial score (nSPS) is 13.4. The molecule has 1 amide bonds. The van der Waals surface area contributed by atoms with E-state index in [1.807, 2.05) is 18.2 Å². The van der Waals surface area contributed by atoms with Crippen molar-refractivity contribution < 1.29 is 4.79 Å². The third kappa shape index (κ3) is 2.03. The van der Waals surface area contributed by atoms with E-state index >= 15 is 0 Å². The molecule has 0 atom stereocenters. The van der Waals surface area contributed by atoms with Gasteiger partial charge in [-0.3, -0.25) is 9.59 Å². The number of H-pyrrole nitrogens is 1. The smallest absolute Gasteiger partial charge is 0.256 e. The monoisotopic (exact) mass is 255 g/mol. The maximum absolute atomic E-state index is 12.3. The van der Waals surface area contributed by atoms with Crippen molar-refractivity contribution in [3.05, 3.63) is 63.3 Å². The first kappa shape index (κ1) is 11.6. The maximum atomic E-state index is 12.3. The fourth-order valence-electron chi connectivity index (χ4n) is 2.30. The van der Waals surface area contributed by atoms with Crippen LogP contribution in [0, 0.1) is 6.92 Å². The van der Waals surface area contributed by atoms with Gasteiger partial charge < -0.3 is 9.88 Å². The molecule has 96 valence electrons. The van der Waals surface area contributed by atoms with E-state index in [0.717, 1.165) is 0 Å². The Morgan fingerprint density at radius 2 is 2.00 bits per heavy atom. The Labute approximate surface area is 109 Å². The number of carbonyl (C=O) groups is 1. The molecule has 19 heavy (non-hydrogen) atoms. The van der Waals surface area contributed by atoms with E-state index in [-0.39, 0.29) is 11.5 Å². The summed E-state index contributed by atoms with van der Waals surface area (Å²) in [6.45, 7) is 2.46. The number of amides is 1. The van der Waals surface area contributed by atoms with Crippen molar-refractivity contribution in [3.8, 4) is 0 Å². The van der Waals surface area contributed by atoms with Crippen LogP contribution in [0.4, 0.5) is 0 Å². The molecule has 1 N–H and O–H groups in total. The number of aryl methyl sites for hydroxylation is 1. The fraction of sp³-hybridized carbons (Fsp3) is 0.214. The molecule has 0 radical (unpaired) electrons. The Kier molecular flexibility index (Phi) is 2.67. The number of hydrogen-bond donors (Lipinski definition) is 1. The second kappa shape index (κ2) is 4.35. The molecular formula is C14H13N3O2. The fourth-order valence-corrected chi connectivity index (χ4v) is 2.30. The zero-order valence-corrected chi connectivity index (χ0v) is 10.5. The van der Waals surface area contributed by atoms with Crippen molar-refractivity contribution in [2.75, 3.05) is 0 Å².